The molecule has 2 unspecified atom stereocenters. The molecule has 2 rings (SSSR count). The number of amides is 1. The van der Waals surface area contributed by atoms with E-state index >= 15 is 0 Å². The predicted molar refractivity (Wildman–Crippen MR) is 149 cm³/mol. The van der Waals surface area contributed by atoms with Crippen LogP contribution in [0.4, 0.5) is 0 Å². The van der Waals surface area contributed by atoms with Gasteiger partial charge in [-0.05, 0) is 55.9 Å². The first-order chi connectivity index (χ1) is 16.5. The van der Waals surface area contributed by atoms with E-state index in [1.54, 1.807) is 0 Å². The highest BCUT2D eigenvalue weighted by molar-refractivity contribution is 5.87. The van der Waals surface area contributed by atoms with Crippen LogP contribution in [-0.4, -0.2) is 24.3 Å². The zero-order chi connectivity index (χ0) is 25.2. The maximum Gasteiger partial charge on any atom is 0.248 e. The second-order valence-corrected chi connectivity index (χ2v) is 10.3. The van der Waals surface area contributed by atoms with E-state index in [-0.39, 0.29) is 11.8 Å². The van der Waals surface area contributed by atoms with Crippen LogP contribution in [0.25, 0.3) is 0 Å². The van der Waals surface area contributed by atoms with Crippen molar-refractivity contribution in [3.63, 3.8) is 0 Å². The van der Waals surface area contributed by atoms with Gasteiger partial charge in [0, 0.05) is 6.54 Å². The van der Waals surface area contributed by atoms with E-state index in [9.17, 15) is 4.79 Å². The molecular formula is C30H55N3O. The maximum absolute atomic E-state index is 13.7. The Morgan fingerprint density at radius 1 is 1.06 bits per heavy atom. The number of nitrogens with two attached hydrogens (primary N) is 1. The number of carbonyl (C=O) groups excluding carboxylic acids is 1. The Hall–Kier alpha value is -1.58. The molecular weight excluding hydrogens is 418 g/mol. The minimum atomic E-state index is -0.705. The van der Waals surface area contributed by atoms with Gasteiger partial charge in [-0.25, -0.2) is 0 Å². The van der Waals surface area contributed by atoms with Crippen molar-refractivity contribution in [3.8, 4) is 0 Å². The summed E-state index contributed by atoms with van der Waals surface area (Å²) in [5, 5.41) is 3.29. The minimum absolute atomic E-state index is 0.0855. The van der Waals surface area contributed by atoms with Crippen LogP contribution in [0.2, 0.25) is 0 Å². The van der Waals surface area contributed by atoms with Gasteiger partial charge < -0.3 is 11.1 Å². The van der Waals surface area contributed by atoms with E-state index in [4.69, 9.17) is 10.7 Å². The van der Waals surface area contributed by atoms with Crippen molar-refractivity contribution in [2.24, 2.45) is 28.5 Å². The van der Waals surface area contributed by atoms with Gasteiger partial charge in [-0.3, -0.25) is 9.79 Å². The molecule has 2 atom stereocenters. The number of hydrogen-bond acceptors (Lipinski definition) is 2. The summed E-state index contributed by atoms with van der Waals surface area (Å²) >= 11 is 0. The summed E-state index contributed by atoms with van der Waals surface area (Å²) in [7, 11) is 0. The van der Waals surface area contributed by atoms with E-state index in [0.717, 1.165) is 31.6 Å². The standard InChI is InChI=1S/C28H49N3O.C2H6/c1-4-6-17-26(5-2)23(3)21-30-27(32)28(31-22-29,20-25-15-11-8-12-16-25)19-18-24-13-9-7-10-14-24;1-2/h5-6,17,22-25H,4,7-16,18-21H2,1-3H3,(H2,29,31)(H,30,32);1-2H3/b17-6-,26-5+;. The second kappa shape index (κ2) is 17.8. The van der Waals surface area contributed by atoms with Crippen molar-refractivity contribution in [1.29, 1.82) is 0 Å². The average molecular weight is 474 g/mol. The van der Waals surface area contributed by atoms with Gasteiger partial charge in [0.05, 0.1) is 6.34 Å². The highest BCUT2D eigenvalue weighted by Crippen LogP contribution is 2.37. The maximum atomic E-state index is 13.7. The molecule has 34 heavy (non-hydrogen) atoms. The summed E-state index contributed by atoms with van der Waals surface area (Å²) in [5.74, 6) is 1.69. The third-order valence-electron chi connectivity index (χ3n) is 7.80. The van der Waals surface area contributed by atoms with Crippen molar-refractivity contribution in [1.82, 2.24) is 5.32 Å². The zero-order valence-corrected chi connectivity index (χ0v) is 23.1. The van der Waals surface area contributed by atoms with Gasteiger partial charge in [-0.15, -0.1) is 0 Å². The van der Waals surface area contributed by atoms with Gasteiger partial charge in [-0.1, -0.05) is 110 Å². The normalized spacial score (nSPS) is 21.1. The molecule has 4 nitrogen and oxygen atoms in total. The lowest BCUT2D eigenvalue weighted by Crippen LogP contribution is -2.48. The number of aliphatic imine (C=N–C) groups is 1. The Bertz CT molecular complexity index is 627. The third-order valence-corrected chi connectivity index (χ3v) is 7.80. The van der Waals surface area contributed by atoms with Gasteiger partial charge >= 0.3 is 0 Å². The number of carbonyl (C=O) groups is 1. The first kappa shape index (κ1) is 30.5. The summed E-state index contributed by atoms with van der Waals surface area (Å²) < 4.78 is 0. The van der Waals surface area contributed by atoms with E-state index in [2.05, 4.69) is 44.3 Å². The molecule has 4 heteroatoms. The fraction of sp³-hybridized carbons (Fsp3) is 0.800. The smallest absolute Gasteiger partial charge is 0.248 e. The van der Waals surface area contributed by atoms with Crippen molar-refractivity contribution < 1.29 is 4.79 Å². The molecule has 2 fully saturated rings. The number of allylic oxidation sites excluding steroid dienone is 3. The van der Waals surface area contributed by atoms with Crippen molar-refractivity contribution in [2.45, 2.75) is 130 Å². The molecule has 2 aliphatic rings. The highest BCUT2D eigenvalue weighted by Gasteiger charge is 2.40. The van der Waals surface area contributed by atoms with Gasteiger partial charge in [-0.2, -0.15) is 0 Å². The molecule has 1 amide bonds. The van der Waals surface area contributed by atoms with Crippen LogP contribution in [0.15, 0.2) is 28.8 Å². The molecule has 0 bridgehead atoms. The summed E-state index contributed by atoms with van der Waals surface area (Å²) in [5.41, 5.74) is 6.42. The second-order valence-electron chi connectivity index (χ2n) is 10.3. The molecule has 0 saturated heterocycles. The Kier molecular flexibility index (Phi) is 15.9. The Labute approximate surface area is 211 Å². The molecule has 0 aromatic heterocycles. The van der Waals surface area contributed by atoms with Gasteiger partial charge in [0.2, 0.25) is 5.91 Å². The minimum Gasteiger partial charge on any atom is -0.390 e. The largest absolute Gasteiger partial charge is 0.390 e. The van der Waals surface area contributed by atoms with E-state index in [1.165, 1.54) is 76.1 Å². The van der Waals surface area contributed by atoms with Gasteiger partial charge in [0.15, 0.2) is 0 Å². The lowest BCUT2D eigenvalue weighted by Gasteiger charge is -2.35. The lowest BCUT2D eigenvalue weighted by atomic mass is 9.75. The molecule has 196 valence electrons. The lowest BCUT2D eigenvalue weighted by molar-refractivity contribution is -0.127. The molecule has 0 aliphatic heterocycles. The number of rotatable bonds is 12. The van der Waals surface area contributed by atoms with Crippen LogP contribution in [0, 0.1) is 17.8 Å². The Balaban J connectivity index is 0.00000281. The Morgan fingerprint density at radius 2 is 1.65 bits per heavy atom. The fourth-order valence-electron chi connectivity index (χ4n) is 5.74. The summed E-state index contributed by atoms with van der Waals surface area (Å²) in [6.45, 7) is 11.0. The summed E-state index contributed by atoms with van der Waals surface area (Å²) in [6, 6.07) is 0. The average Bonchev–Trinajstić information content (AvgIpc) is 2.88. The van der Waals surface area contributed by atoms with Crippen molar-refractivity contribution in [3.05, 3.63) is 23.8 Å². The van der Waals surface area contributed by atoms with Crippen LogP contribution in [0.5, 0.6) is 0 Å². The van der Waals surface area contributed by atoms with E-state index in [1.807, 2.05) is 13.8 Å². The van der Waals surface area contributed by atoms with Crippen LogP contribution in [0.1, 0.15) is 125 Å². The fourth-order valence-corrected chi connectivity index (χ4v) is 5.74. The van der Waals surface area contributed by atoms with Gasteiger partial charge in [0.25, 0.3) is 0 Å². The van der Waals surface area contributed by atoms with Crippen LogP contribution in [0.3, 0.4) is 0 Å². The Morgan fingerprint density at radius 3 is 2.18 bits per heavy atom. The highest BCUT2D eigenvalue weighted by atomic mass is 16.2. The molecule has 0 heterocycles. The van der Waals surface area contributed by atoms with Crippen LogP contribution >= 0.6 is 0 Å². The van der Waals surface area contributed by atoms with Crippen LogP contribution in [-0.2, 0) is 4.79 Å². The first-order valence-corrected chi connectivity index (χ1v) is 14.4. The topological polar surface area (TPSA) is 67.5 Å². The van der Waals surface area contributed by atoms with E-state index < -0.39 is 5.54 Å². The molecule has 0 aromatic rings. The predicted octanol–water partition coefficient (Wildman–Crippen LogP) is 7.73. The monoisotopic (exact) mass is 473 g/mol. The number of nitrogens with one attached hydrogen (secondary N) is 1. The first-order valence-electron chi connectivity index (χ1n) is 14.4. The molecule has 0 spiro atoms. The molecule has 2 aliphatic carbocycles. The van der Waals surface area contributed by atoms with Crippen molar-refractivity contribution >= 4 is 12.2 Å². The third kappa shape index (κ3) is 10.4. The van der Waals surface area contributed by atoms with Gasteiger partial charge in [0.1, 0.15) is 5.54 Å². The quantitative estimate of drug-likeness (QED) is 0.173. The zero-order valence-electron chi connectivity index (χ0n) is 23.1. The summed E-state index contributed by atoms with van der Waals surface area (Å²) in [4.78, 5) is 18.5. The SMILES string of the molecule is C/C=C(\C=C/CC)C(C)CNC(=O)C(CCC1CCCCC1)(CC1CCCCC1)N=CN.CC. The molecule has 0 radical (unpaired) electrons. The molecule has 3 N–H and O–H groups in total. The number of hydrogen-bond donors (Lipinski definition) is 2. The number of nitrogens with zero attached hydrogens (tertiary/aromatic N) is 1. The molecule has 2 saturated carbocycles. The van der Waals surface area contributed by atoms with Crippen molar-refractivity contribution in [2.75, 3.05) is 6.54 Å². The molecule has 0 aromatic carbocycles. The van der Waals surface area contributed by atoms with Crippen LogP contribution < -0.4 is 11.1 Å². The van der Waals surface area contributed by atoms with E-state index in [0.29, 0.717) is 12.5 Å². The summed E-state index contributed by atoms with van der Waals surface area (Å²) in [6.07, 6.45) is 24.7.